The summed E-state index contributed by atoms with van der Waals surface area (Å²) in [5, 5.41) is -0.746. The average molecular weight is 396 g/mol. The van der Waals surface area contributed by atoms with Gasteiger partial charge < -0.3 is 4.57 Å². The Morgan fingerprint density at radius 2 is 1.62 bits per heavy atom. The molecule has 0 amide bonds. The number of imidazole rings is 1. The Balaban J connectivity index is 0.000000561. The molecule has 13 heteroatoms. The highest BCUT2D eigenvalue weighted by Gasteiger charge is 2.44. The van der Waals surface area contributed by atoms with Crippen molar-refractivity contribution in [3.05, 3.63) is 18.2 Å². The molecular formula is C11H19F3N2O6S2. The first kappa shape index (κ1) is 22.8. The van der Waals surface area contributed by atoms with Crippen LogP contribution in [0, 0.1) is 0 Å². The molecule has 2 N–H and O–H groups in total. The van der Waals surface area contributed by atoms with Crippen molar-refractivity contribution in [3.8, 4) is 0 Å². The number of alkyl halides is 3. The van der Waals surface area contributed by atoms with Gasteiger partial charge in [0.15, 0.2) is 0 Å². The van der Waals surface area contributed by atoms with E-state index in [1.807, 2.05) is 24.6 Å². The molecule has 0 aliphatic heterocycles. The van der Waals surface area contributed by atoms with Crippen LogP contribution in [0.2, 0.25) is 0 Å². The summed E-state index contributed by atoms with van der Waals surface area (Å²) in [5.41, 5.74) is -5.53. The Morgan fingerprint density at radius 1 is 1.17 bits per heavy atom. The van der Waals surface area contributed by atoms with Crippen LogP contribution in [0.25, 0.3) is 0 Å². The predicted molar refractivity (Wildman–Crippen MR) is 79.5 cm³/mol. The van der Waals surface area contributed by atoms with Crippen molar-refractivity contribution in [1.29, 1.82) is 0 Å². The van der Waals surface area contributed by atoms with Crippen LogP contribution in [0.5, 0.6) is 0 Å². The van der Waals surface area contributed by atoms with E-state index in [-0.39, 0.29) is 0 Å². The van der Waals surface area contributed by atoms with E-state index in [1.165, 1.54) is 6.92 Å². The molecule has 8 nitrogen and oxygen atoms in total. The van der Waals surface area contributed by atoms with Crippen LogP contribution in [-0.2, 0) is 26.7 Å². The van der Waals surface area contributed by atoms with Crippen LogP contribution in [0.1, 0.15) is 39.1 Å². The van der Waals surface area contributed by atoms with Crippen LogP contribution in [-0.4, -0.2) is 46.3 Å². The maximum absolute atomic E-state index is 10.8. The Kier molecular flexibility index (Phi) is 7.86. The lowest BCUT2D eigenvalue weighted by Crippen LogP contribution is -2.21. The van der Waals surface area contributed by atoms with Gasteiger partial charge in [0.25, 0.3) is 10.1 Å². The third-order valence-corrected chi connectivity index (χ3v) is 4.72. The third kappa shape index (κ3) is 7.59. The molecule has 0 aliphatic rings. The number of aromatic nitrogens is 2. The number of hydrogen-bond donors (Lipinski definition) is 2. The average Bonchev–Trinajstić information content (AvgIpc) is 2.81. The fourth-order valence-electron chi connectivity index (χ4n) is 1.49. The van der Waals surface area contributed by atoms with Gasteiger partial charge in [-0.25, -0.2) is 4.98 Å². The van der Waals surface area contributed by atoms with Gasteiger partial charge in [-0.2, -0.15) is 30.0 Å². The van der Waals surface area contributed by atoms with E-state index in [9.17, 15) is 21.6 Å². The topological polar surface area (TPSA) is 127 Å². The van der Waals surface area contributed by atoms with Crippen LogP contribution in [0.15, 0.2) is 12.4 Å². The van der Waals surface area contributed by atoms with Crippen LogP contribution >= 0.6 is 0 Å². The van der Waals surface area contributed by atoms with Crippen LogP contribution < -0.4 is 0 Å². The maximum atomic E-state index is 10.8. The molecule has 1 heterocycles. The second-order valence-electron chi connectivity index (χ2n) is 5.13. The number of rotatable bonds is 5. The van der Waals surface area contributed by atoms with E-state index >= 15 is 0 Å². The highest BCUT2D eigenvalue weighted by Crippen LogP contribution is 2.20. The van der Waals surface area contributed by atoms with Gasteiger partial charge in [-0.3, -0.25) is 9.11 Å². The van der Waals surface area contributed by atoms with Gasteiger partial charge in [-0.15, -0.1) is 0 Å². The molecule has 0 aliphatic carbocycles. The summed E-state index contributed by atoms with van der Waals surface area (Å²) in [5.74, 6) is 0.852. The molecule has 0 fully saturated rings. The van der Waals surface area contributed by atoms with Crippen molar-refractivity contribution in [1.82, 2.24) is 9.55 Å². The van der Waals surface area contributed by atoms with Gasteiger partial charge in [-0.05, 0) is 27.2 Å². The molecule has 1 unspecified atom stereocenters. The van der Waals surface area contributed by atoms with E-state index in [1.54, 1.807) is 6.20 Å². The zero-order chi connectivity index (χ0) is 19.3. The van der Waals surface area contributed by atoms with E-state index in [0.29, 0.717) is 18.9 Å². The Morgan fingerprint density at radius 3 is 1.96 bits per heavy atom. The minimum Gasteiger partial charge on any atom is -0.332 e. The van der Waals surface area contributed by atoms with Crippen molar-refractivity contribution in [2.24, 2.45) is 0 Å². The Hall–Kier alpha value is -1.18. The van der Waals surface area contributed by atoms with E-state index < -0.39 is 31.0 Å². The number of hydrogen-bond acceptors (Lipinski definition) is 5. The monoisotopic (exact) mass is 396 g/mol. The number of aryl methyl sites for hydroxylation is 1. The molecule has 1 aromatic heterocycles. The van der Waals surface area contributed by atoms with E-state index in [2.05, 4.69) is 4.98 Å². The summed E-state index contributed by atoms with van der Waals surface area (Å²) >= 11 is 0. The Labute approximate surface area is 138 Å². The molecule has 0 aromatic carbocycles. The molecule has 0 spiro atoms. The molecular weight excluding hydrogens is 377 g/mol. The van der Waals surface area contributed by atoms with Gasteiger partial charge >= 0.3 is 15.6 Å². The van der Waals surface area contributed by atoms with Crippen LogP contribution in [0.3, 0.4) is 0 Å². The van der Waals surface area contributed by atoms with E-state index in [0.717, 1.165) is 5.82 Å². The normalized spacial score (nSPS) is 14.2. The van der Waals surface area contributed by atoms with Gasteiger partial charge in [0.1, 0.15) is 5.82 Å². The minimum absolute atomic E-state index is 0.304. The predicted octanol–water partition coefficient (Wildman–Crippen LogP) is 2.07. The first-order valence-electron chi connectivity index (χ1n) is 6.59. The second kappa shape index (κ2) is 8.27. The molecule has 142 valence electrons. The smallest absolute Gasteiger partial charge is 0.332 e. The molecule has 1 atom stereocenters. The molecule has 0 saturated carbocycles. The largest absolute Gasteiger partial charge is 0.522 e. The summed E-state index contributed by atoms with van der Waals surface area (Å²) in [6.45, 7) is 5.58. The summed E-state index contributed by atoms with van der Waals surface area (Å²) in [6.07, 6.45) is 4.50. The zero-order valence-corrected chi connectivity index (χ0v) is 14.7. The van der Waals surface area contributed by atoms with Gasteiger partial charge in [0.2, 0.25) is 0 Å². The highest BCUT2D eigenvalue weighted by atomic mass is 32.2. The molecule has 0 radical (unpaired) electrons. The number of nitrogens with zero attached hydrogens (tertiary/aromatic N) is 2. The second-order valence-corrected chi connectivity index (χ2v) is 8.38. The number of halogens is 3. The molecule has 0 saturated heterocycles. The Bertz CT molecular complexity index is 725. The quantitative estimate of drug-likeness (QED) is 0.576. The van der Waals surface area contributed by atoms with Crippen LogP contribution in [0.4, 0.5) is 13.2 Å². The first-order valence-corrected chi connectivity index (χ1v) is 9.53. The van der Waals surface area contributed by atoms with Gasteiger partial charge in [0, 0.05) is 24.9 Å². The summed E-state index contributed by atoms with van der Waals surface area (Å²) in [6, 6.07) is 0.304. The summed E-state index contributed by atoms with van der Waals surface area (Å²) < 4.78 is 90.1. The van der Waals surface area contributed by atoms with Gasteiger partial charge in [0.05, 0.1) is 5.25 Å². The van der Waals surface area contributed by atoms with Gasteiger partial charge in [-0.1, -0.05) is 0 Å². The maximum Gasteiger partial charge on any atom is 0.522 e. The first-order chi connectivity index (χ1) is 10.6. The molecule has 1 aromatic rings. The van der Waals surface area contributed by atoms with E-state index in [4.69, 9.17) is 17.5 Å². The minimum atomic E-state index is -5.84. The third-order valence-electron chi connectivity index (χ3n) is 2.88. The lowest BCUT2D eigenvalue weighted by atomic mass is 10.2. The van der Waals surface area contributed by atoms with Crippen molar-refractivity contribution in [2.45, 2.75) is 50.4 Å². The molecule has 1 rings (SSSR count). The van der Waals surface area contributed by atoms with Crippen molar-refractivity contribution >= 4 is 20.2 Å². The van der Waals surface area contributed by atoms with Crippen molar-refractivity contribution < 1.29 is 39.1 Å². The SMILES string of the molecule is CC(C)n1ccnc1CCC(C)S(=O)(=O)O.O=S(=O)(O)C(F)(F)F. The summed E-state index contributed by atoms with van der Waals surface area (Å²) in [7, 11) is -9.77. The fraction of sp³-hybridized carbons (Fsp3) is 0.727. The lowest BCUT2D eigenvalue weighted by molar-refractivity contribution is -0.0510. The molecule has 24 heavy (non-hydrogen) atoms. The zero-order valence-electron chi connectivity index (χ0n) is 13.1. The standard InChI is InChI=1S/C10H18N2O3S.CHF3O3S/c1-8(2)12-7-6-11-10(12)5-4-9(3)16(13,14)15;2-1(3,4)8(5,6)7/h6-9H,4-5H2,1-3H3,(H,13,14,15);(H,5,6,7). The molecule has 0 bridgehead atoms. The highest BCUT2D eigenvalue weighted by molar-refractivity contribution is 7.86. The van der Waals surface area contributed by atoms with Crippen molar-refractivity contribution in [3.63, 3.8) is 0 Å². The van der Waals surface area contributed by atoms with Crippen molar-refractivity contribution in [2.75, 3.05) is 0 Å². The fourth-order valence-corrected chi connectivity index (χ4v) is 1.90. The lowest BCUT2D eigenvalue weighted by Gasteiger charge is -2.12. The summed E-state index contributed by atoms with van der Waals surface area (Å²) in [4.78, 5) is 4.18.